The first kappa shape index (κ1) is 4.57. The van der Waals surface area contributed by atoms with E-state index in [9.17, 15) is 0 Å². The van der Waals surface area contributed by atoms with Crippen molar-refractivity contribution in [1.82, 2.24) is 0 Å². The number of fused-ring (bicyclic) bond motifs is 2. The minimum Gasteiger partial charge on any atom is -0.327 e. The lowest BCUT2D eigenvalue weighted by Crippen LogP contribution is -2.23. The van der Waals surface area contributed by atoms with Crippen molar-refractivity contribution in [3.63, 3.8) is 0 Å². The largest absolute Gasteiger partial charge is 0.327 e. The van der Waals surface area contributed by atoms with Crippen molar-refractivity contribution < 1.29 is 0 Å². The smallest absolute Gasteiger partial charge is 0.0108 e. The zero-order valence-corrected chi connectivity index (χ0v) is 4.88. The van der Waals surface area contributed by atoms with Crippen molar-refractivity contribution in [1.29, 1.82) is 0 Å². The number of hydrogen-bond donors (Lipinski definition) is 1. The molecule has 3 atom stereocenters. The highest BCUT2D eigenvalue weighted by Crippen LogP contribution is 2.37. The van der Waals surface area contributed by atoms with E-state index in [0.29, 0.717) is 6.04 Å². The molecule has 8 heavy (non-hydrogen) atoms. The summed E-state index contributed by atoms with van der Waals surface area (Å²) in [5, 5.41) is 0. The Hall–Kier alpha value is -0.300. The second-order valence-electron chi connectivity index (χ2n) is 2.94. The Kier molecular flexibility index (Phi) is 0.770. The highest BCUT2D eigenvalue weighted by atomic mass is 14.7. The average Bonchev–Trinajstić information content (AvgIpc) is 2.23. The Morgan fingerprint density at radius 2 is 2.12 bits per heavy atom. The lowest BCUT2D eigenvalue weighted by atomic mass is 10.0. The van der Waals surface area contributed by atoms with Crippen LogP contribution in [0.3, 0.4) is 0 Å². The molecule has 0 aromatic carbocycles. The number of hydrogen-bond acceptors (Lipinski definition) is 1. The Morgan fingerprint density at radius 1 is 1.25 bits per heavy atom. The second-order valence-corrected chi connectivity index (χ2v) is 2.94. The van der Waals surface area contributed by atoms with Gasteiger partial charge in [-0.2, -0.15) is 0 Å². The van der Waals surface area contributed by atoms with Gasteiger partial charge in [-0.15, -0.1) is 0 Å². The second kappa shape index (κ2) is 1.35. The molecule has 0 unspecified atom stereocenters. The molecule has 2 aliphatic rings. The molecule has 0 saturated heterocycles. The molecule has 2 N–H and O–H groups in total. The summed E-state index contributed by atoms with van der Waals surface area (Å²) in [6, 6.07) is 0.491. The summed E-state index contributed by atoms with van der Waals surface area (Å²) < 4.78 is 0. The van der Waals surface area contributed by atoms with E-state index in [0.717, 1.165) is 11.8 Å². The van der Waals surface area contributed by atoms with Crippen LogP contribution in [0.1, 0.15) is 12.8 Å². The van der Waals surface area contributed by atoms with Crippen LogP contribution in [0.25, 0.3) is 0 Å². The summed E-state index contributed by atoms with van der Waals surface area (Å²) in [7, 11) is 0. The van der Waals surface area contributed by atoms with Crippen molar-refractivity contribution in [2.75, 3.05) is 0 Å². The molecule has 2 aliphatic carbocycles. The Labute approximate surface area is 49.6 Å². The molecule has 0 spiro atoms. The van der Waals surface area contributed by atoms with Crippen LogP contribution in [0.4, 0.5) is 0 Å². The molecule has 0 radical (unpaired) electrons. The van der Waals surface area contributed by atoms with Crippen LogP contribution in [0, 0.1) is 11.8 Å². The van der Waals surface area contributed by atoms with Gasteiger partial charge < -0.3 is 5.73 Å². The van der Waals surface area contributed by atoms with Gasteiger partial charge in [-0.05, 0) is 24.7 Å². The third-order valence-electron chi connectivity index (χ3n) is 2.33. The van der Waals surface area contributed by atoms with E-state index in [4.69, 9.17) is 5.73 Å². The minimum absolute atomic E-state index is 0.491. The maximum atomic E-state index is 5.77. The van der Waals surface area contributed by atoms with Gasteiger partial charge in [0.25, 0.3) is 0 Å². The first-order valence-electron chi connectivity index (χ1n) is 3.30. The SMILES string of the molecule is N[C@H]1C[C@@H]2C=C[C@@H]1C2. The van der Waals surface area contributed by atoms with E-state index in [2.05, 4.69) is 12.2 Å². The van der Waals surface area contributed by atoms with Crippen LogP contribution in [-0.4, -0.2) is 6.04 Å². The quantitative estimate of drug-likeness (QED) is 0.460. The molecule has 1 nitrogen and oxygen atoms in total. The Bertz CT molecular complexity index is 128. The van der Waals surface area contributed by atoms with Crippen molar-refractivity contribution >= 4 is 0 Å². The normalized spacial score (nSPS) is 50.9. The van der Waals surface area contributed by atoms with Gasteiger partial charge >= 0.3 is 0 Å². The van der Waals surface area contributed by atoms with Crippen LogP contribution in [0.5, 0.6) is 0 Å². The maximum Gasteiger partial charge on any atom is 0.0108 e. The monoisotopic (exact) mass is 109 g/mol. The third kappa shape index (κ3) is 0.451. The summed E-state index contributed by atoms with van der Waals surface area (Å²) >= 11 is 0. The van der Waals surface area contributed by atoms with E-state index in [1.807, 2.05) is 0 Å². The summed E-state index contributed by atoms with van der Waals surface area (Å²) in [4.78, 5) is 0. The molecule has 0 aromatic rings. The topological polar surface area (TPSA) is 26.0 Å². The van der Waals surface area contributed by atoms with E-state index >= 15 is 0 Å². The summed E-state index contributed by atoms with van der Waals surface area (Å²) in [5.74, 6) is 1.58. The maximum absolute atomic E-state index is 5.77. The zero-order chi connectivity index (χ0) is 5.56. The standard InChI is InChI=1S/C7H11N/c8-7-4-5-1-2-6(7)3-5/h1-2,5-7H,3-4,8H2/t5-,6-,7+/m1/s1. The zero-order valence-electron chi connectivity index (χ0n) is 4.88. The highest BCUT2D eigenvalue weighted by Gasteiger charge is 2.32. The van der Waals surface area contributed by atoms with Gasteiger partial charge in [0, 0.05) is 6.04 Å². The molecule has 0 aliphatic heterocycles. The van der Waals surface area contributed by atoms with Gasteiger partial charge in [0.05, 0.1) is 0 Å². The molecule has 0 aromatic heterocycles. The molecule has 1 heteroatoms. The molecular weight excluding hydrogens is 98.1 g/mol. The lowest BCUT2D eigenvalue weighted by Gasteiger charge is -2.10. The molecule has 44 valence electrons. The minimum atomic E-state index is 0.491. The van der Waals surface area contributed by atoms with Crippen molar-refractivity contribution in [2.24, 2.45) is 17.6 Å². The fraction of sp³-hybridized carbons (Fsp3) is 0.714. The number of nitrogens with two attached hydrogens (primary N) is 1. The fourth-order valence-electron chi connectivity index (χ4n) is 1.82. The fourth-order valence-corrected chi connectivity index (χ4v) is 1.82. The van der Waals surface area contributed by atoms with Crippen LogP contribution in [0.2, 0.25) is 0 Å². The Balaban J connectivity index is 2.23. The predicted octanol–water partition coefficient (Wildman–Crippen LogP) is 0.910. The molecule has 2 bridgehead atoms. The van der Waals surface area contributed by atoms with Crippen LogP contribution in [-0.2, 0) is 0 Å². The van der Waals surface area contributed by atoms with Gasteiger partial charge in [-0.3, -0.25) is 0 Å². The Morgan fingerprint density at radius 3 is 2.38 bits per heavy atom. The average molecular weight is 109 g/mol. The van der Waals surface area contributed by atoms with E-state index in [1.165, 1.54) is 12.8 Å². The highest BCUT2D eigenvalue weighted by molar-refractivity contribution is 5.11. The summed E-state index contributed by atoms with van der Waals surface area (Å²) in [6.45, 7) is 0. The van der Waals surface area contributed by atoms with Gasteiger partial charge in [0.2, 0.25) is 0 Å². The van der Waals surface area contributed by atoms with Gasteiger partial charge in [0.15, 0.2) is 0 Å². The summed E-state index contributed by atoms with van der Waals surface area (Å²) in [6.07, 6.45) is 7.16. The van der Waals surface area contributed by atoms with E-state index in [1.54, 1.807) is 0 Å². The van der Waals surface area contributed by atoms with Crippen molar-refractivity contribution in [3.8, 4) is 0 Å². The van der Waals surface area contributed by atoms with Gasteiger partial charge in [0.1, 0.15) is 0 Å². The summed E-state index contributed by atoms with van der Waals surface area (Å²) in [5.41, 5.74) is 5.77. The van der Waals surface area contributed by atoms with E-state index in [-0.39, 0.29) is 0 Å². The van der Waals surface area contributed by atoms with Crippen LogP contribution < -0.4 is 5.73 Å². The predicted molar refractivity (Wildman–Crippen MR) is 33.3 cm³/mol. The first-order chi connectivity index (χ1) is 3.86. The number of rotatable bonds is 0. The molecular formula is C7H11N. The van der Waals surface area contributed by atoms with Crippen molar-refractivity contribution in [3.05, 3.63) is 12.2 Å². The van der Waals surface area contributed by atoms with Crippen LogP contribution in [0.15, 0.2) is 12.2 Å². The lowest BCUT2D eigenvalue weighted by molar-refractivity contribution is 0.576. The van der Waals surface area contributed by atoms with Gasteiger partial charge in [-0.1, -0.05) is 12.2 Å². The van der Waals surface area contributed by atoms with Gasteiger partial charge in [-0.25, -0.2) is 0 Å². The van der Waals surface area contributed by atoms with Crippen LogP contribution >= 0.6 is 0 Å². The molecule has 0 heterocycles. The molecule has 2 rings (SSSR count). The van der Waals surface area contributed by atoms with Crippen molar-refractivity contribution in [2.45, 2.75) is 18.9 Å². The first-order valence-corrected chi connectivity index (χ1v) is 3.30. The number of allylic oxidation sites excluding steroid dienone is 1. The third-order valence-corrected chi connectivity index (χ3v) is 2.33. The molecule has 0 amide bonds. The molecule has 1 fully saturated rings. The van der Waals surface area contributed by atoms with E-state index < -0.39 is 0 Å². The molecule has 1 saturated carbocycles.